The number of likely N-dealkylation sites (tertiary alicyclic amines) is 1. The summed E-state index contributed by atoms with van der Waals surface area (Å²) in [4.78, 5) is 2.63. The summed E-state index contributed by atoms with van der Waals surface area (Å²) in [6.45, 7) is 11.0. The van der Waals surface area contributed by atoms with Gasteiger partial charge in [-0.15, -0.1) is 0 Å². The molecule has 1 aromatic carbocycles. The zero-order valence-electron chi connectivity index (χ0n) is 13.4. The summed E-state index contributed by atoms with van der Waals surface area (Å²) in [6.07, 6.45) is 5.49. The molecule has 2 N–H and O–H groups in total. The molecule has 2 rings (SSSR count). The van der Waals surface area contributed by atoms with E-state index in [9.17, 15) is 0 Å². The Bertz CT molecular complexity index is 408. The zero-order chi connectivity index (χ0) is 14.5. The number of aryl methyl sites for hydroxylation is 3. The zero-order valence-corrected chi connectivity index (χ0v) is 13.4. The van der Waals surface area contributed by atoms with Crippen molar-refractivity contribution >= 4 is 0 Å². The van der Waals surface area contributed by atoms with Crippen molar-refractivity contribution in [2.45, 2.75) is 52.4 Å². The van der Waals surface area contributed by atoms with Crippen LogP contribution in [-0.4, -0.2) is 31.1 Å². The highest BCUT2D eigenvalue weighted by molar-refractivity contribution is 5.40. The lowest BCUT2D eigenvalue weighted by molar-refractivity contribution is 0.267. The molecule has 1 saturated heterocycles. The highest BCUT2D eigenvalue weighted by Crippen LogP contribution is 2.26. The van der Waals surface area contributed by atoms with Gasteiger partial charge in [-0.25, -0.2) is 0 Å². The third kappa shape index (κ3) is 3.83. The van der Waals surface area contributed by atoms with Crippen LogP contribution >= 0.6 is 0 Å². The molecule has 0 spiro atoms. The molecule has 1 fully saturated rings. The summed E-state index contributed by atoms with van der Waals surface area (Å²) in [5.41, 5.74) is 11.8. The fourth-order valence-corrected chi connectivity index (χ4v) is 3.75. The maximum atomic E-state index is 6.11. The Morgan fingerprint density at radius 1 is 1.00 bits per heavy atom. The Morgan fingerprint density at radius 3 is 2.05 bits per heavy atom. The maximum absolute atomic E-state index is 6.11. The summed E-state index contributed by atoms with van der Waals surface area (Å²) in [6, 6.07) is 4.60. The van der Waals surface area contributed by atoms with Crippen LogP contribution in [0.5, 0.6) is 0 Å². The predicted molar refractivity (Wildman–Crippen MR) is 87.4 cm³/mol. The highest BCUT2D eigenvalue weighted by Gasteiger charge is 2.19. The van der Waals surface area contributed by atoms with E-state index in [1.165, 1.54) is 61.0 Å². The maximum Gasteiger partial charge on any atom is 0.00940 e. The van der Waals surface area contributed by atoms with Gasteiger partial charge < -0.3 is 10.6 Å². The standard InChI is InChI=1S/C18H30N2/c1-14-10-15(2)18(16(3)11-14)17(12-19)13-20-8-6-4-5-7-9-20/h10-11,17H,4-9,12-13,19H2,1-3H3. The lowest BCUT2D eigenvalue weighted by Gasteiger charge is -2.28. The molecular weight excluding hydrogens is 244 g/mol. The minimum Gasteiger partial charge on any atom is -0.330 e. The first-order valence-corrected chi connectivity index (χ1v) is 8.12. The molecule has 1 aliphatic rings. The van der Waals surface area contributed by atoms with Crippen LogP contribution in [0.1, 0.15) is 53.9 Å². The van der Waals surface area contributed by atoms with E-state index < -0.39 is 0 Å². The minimum absolute atomic E-state index is 0.480. The third-order valence-electron chi connectivity index (χ3n) is 4.61. The van der Waals surface area contributed by atoms with Crippen molar-refractivity contribution in [3.05, 3.63) is 34.4 Å². The Hall–Kier alpha value is -0.860. The molecule has 0 amide bonds. The highest BCUT2D eigenvalue weighted by atomic mass is 15.1. The van der Waals surface area contributed by atoms with Crippen molar-refractivity contribution in [3.63, 3.8) is 0 Å². The van der Waals surface area contributed by atoms with E-state index in [1.54, 1.807) is 0 Å². The Balaban J connectivity index is 2.15. The molecule has 112 valence electrons. The van der Waals surface area contributed by atoms with Crippen LogP contribution in [0, 0.1) is 20.8 Å². The molecule has 0 radical (unpaired) electrons. The molecule has 1 heterocycles. The summed E-state index contributed by atoms with van der Waals surface area (Å²) in [7, 11) is 0. The van der Waals surface area contributed by atoms with E-state index in [0.717, 1.165) is 13.1 Å². The second-order valence-corrected chi connectivity index (χ2v) is 6.46. The molecule has 0 saturated carbocycles. The van der Waals surface area contributed by atoms with Crippen LogP contribution in [0.25, 0.3) is 0 Å². The molecule has 2 nitrogen and oxygen atoms in total. The largest absolute Gasteiger partial charge is 0.330 e. The van der Waals surface area contributed by atoms with Crippen molar-refractivity contribution in [2.24, 2.45) is 5.73 Å². The van der Waals surface area contributed by atoms with E-state index in [1.807, 2.05) is 0 Å². The second kappa shape index (κ2) is 7.24. The molecule has 2 heteroatoms. The average Bonchev–Trinajstić information content (AvgIpc) is 2.65. The number of benzene rings is 1. The fraction of sp³-hybridized carbons (Fsp3) is 0.667. The molecule has 0 bridgehead atoms. The van der Waals surface area contributed by atoms with Gasteiger partial charge in [0.2, 0.25) is 0 Å². The molecule has 20 heavy (non-hydrogen) atoms. The van der Waals surface area contributed by atoms with Gasteiger partial charge in [0.15, 0.2) is 0 Å². The number of hydrogen-bond donors (Lipinski definition) is 1. The van der Waals surface area contributed by atoms with Crippen molar-refractivity contribution in [1.29, 1.82) is 0 Å². The topological polar surface area (TPSA) is 29.3 Å². The van der Waals surface area contributed by atoms with Crippen LogP contribution in [-0.2, 0) is 0 Å². The van der Waals surface area contributed by atoms with E-state index in [-0.39, 0.29) is 0 Å². The van der Waals surface area contributed by atoms with E-state index >= 15 is 0 Å². The molecule has 0 aliphatic carbocycles. The van der Waals surface area contributed by atoms with E-state index in [4.69, 9.17) is 5.73 Å². The monoisotopic (exact) mass is 274 g/mol. The summed E-state index contributed by atoms with van der Waals surface area (Å²) in [5.74, 6) is 0.480. The molecule has 1 aliphatic heterocycles. The van der Waals surface area contributed by atoms with E-state index in [0.29, 0.717) is 5.92 Å². The molecule has 0 aromatic heterocycles. The molecular formula is C18H30N2. The number of nitrogens with two attached hydrogens (primary N) is 1. The fourth-order valence-electron chi connectivity index (χ4n) is 3.75. The van der Waals surface area contributed by atoms with E-state index in [2.05, 4.69) is 37.8 Å². The minimum atomic E-state index is 0.480. The van der Waals surface area contributed by atoms with Gasteiger partial charge >= 0.3 is 0 Å². The van der Waals surface area contributed by atoms with Crippen molar-refractivity contribution < 1.29 is 0 Å². The van der Waals surface area contributed by atoms with Gasteiger partial charge in [0.1, 0.15) is 0 Å². The van der Waals surface area contributed by atoms with Gasteiger partial charge in [0, 0.05) is 19.0 Å². The smallest absolute Gasteiger partial charge is 0.00940 e. The summed E-state index contributed by atoms with van der Waals surface area (Å²) < 4.78 is 0. The first-order valence-electron chi connectivity index (χ1n) is 8.12. The van der Waals surface area contributed by atoms with Gasteiger partial charge in [0.25, 0.3) is 0 Å². The van der Waals surface area contributed by atoms with Crippen LogP contribution in [0.4, 0.5) is 0 Å². The predicted octanol–water partition coefficient (Wildman–Crippen LogP) is 3.53. The van der Waals surface area contributed by atoms with Crippen molar-refractivity contribution in [3.8, 4) is 0 Å². The Kier molecular flexibility index (Phi) is 5.62. The molecule has 1 unspecified atom stereocenters. The lowest BCUT2D eigenvalue weighted by atomic mass is 9.89. The third-order valence-corrected chi connectivity index (χ3v) is 4.61. The summed E-state index contributed by atoms with van der Waals surface area (Å²) >= 11 is 0. The Morgan fingerprint density at radius 2 is 1.55 bits per heavy atom. The number of nitrogens with zero attached hydrogens (tertiary/aromatic N) is 1. The van der Waals surface area contributed by atoms with Crippen molar-refractivity contribution in [2.75, 3.05) is 26.2 Å². The SMILES string of the molecule is Cc1cc(C)c(C(CN)CN2CCCCCC2)c(C)c1. The quantitative estimate of drug-likeness (QED) is 0.910. The Labute approximate surface area is 124 Å². The number of rotatable bonds is 4. The second-order valence-electron chi connectivity index (χ2n) is 6.46. The summed E-state index contributed by atoms with van der Waals surface area (Å²) in [5, 5.41) is 0. The first kappa shape index (κ1) is 15.5. The van der Waals surface area contributed by atoms with Crippen LogP contribution in [0.3, 0.4) is 0 Å². The van der Waals surface area contributed by atoms with Gasteiger partial charge in [-0.3, -0.25) is 0 Å². The molecule has 1 aromatic rings. The number of hydrogen-bond acceptors (Lipinski definition) is 2. The van der Waals surface area contributed by atoms with Crippen LogP contribution < -0.4 is 5.73 Å². The molecule has 1 atom stereocenters. The van der Waals surface area contributed by atoms with Crippen molar-refractivity contribution in [1.82, 2.24) is 4.90 Å². The van der Waals surface area contributed by atoms with Gasteiger partial charge in [-0.2, -0.15) is 0 Å². The van der Waals surface area contributed by atoms with Crippen LogP contribution in [0.2, 0.25) is 0 Å². The van der Waals surface area contributed by atoms with Gasteiger partial charge in [-0.05, 0) is 63.4 Å². The van der Waals surface area contributed by atoms with Crippen LogP contribution in [0.15, 0.2) is 12.1 Å². The first-order chi connectivity index (χ1) is 9.61. The normalized spacial score (nSPS) is 18.8. The van der Waals surface area contributed by atoms with Gasteiger partial charge in [0.05, 0.1) is 0 Å². The van der Waals surface area contributed by atoms with Gasteiger partial charge in [-0.1, -0.05) is 30.5 Å². The lowest BCUT2D eigenvalue weighted by Crippen LogP contribution is -2.33. The average molecular weight is 274 g/mol.